The van der Waals surface area contributed by atoms with Crippen molar-refractivity contribution < 1.29 is 5.11 Å². The van der Waals surface area contributed by atoms with E-state index < -0.39 is 5.54 Å². The molecule has 1 heterocycles. The van der Waals surface area contributed by atoms with Crippen LogP contribution in [0.1, 0.15) is 26.6 Å². The van der Waals surface area contributed by atoms with Crippen LogP contribution < -0.4 is 10.5 Å². The van der Waals surface area contributed by atoms with Gasteiger partial charge in [0.2, 0.25) is 0 Å². The van der Waals surface area contributed by atoms with Gasteiger partial charge in [-0.2, -0.15) is 0 Å². The number of rotatable bonds is 4. The third-order valence-electron chi connectivity index (χ3n) is 2.75. The molecule has 1 aromatic heterocycles. The van der Waals surface area contributed by atoms with Crippen molar-refractivity contribution in [1.29, 1.82) is 0 Å². The lowest BCUT2D eigenvalue weighted by molar-refractivity contribution is 0.215. The summed E-state index contributed by atoms with van der Waals surface area (Å²) in [5, 5.41) is 9.27. The quantitative estimate of drug-likeness (QED) is 0.784. The van der Waals surface area contributed by atoms with E-state index in [-0.39, 0.29) is 12.2 Å². The zero-order valence-electron chi connectivity index (χ0n) is 10.2. The smallest absolute Gasteiger partial charge is 0.252 e. The van der Waals surface area contributed by atoms with E-state index in [9.17, 15) is 9.90 Å². The summed E-state index contributed by atoms with van der Waals surface area (Å²) >= 11 is 0. The summed E-state index contributed by atoms with van der Waals surface area (Å²) in [6, 6.07) is 1.44. The fraction of sp³-hybridized carbons (Fsp3) is 0.636. The maximum atomic E-state index is 11.4. The Morgan fingerprint density at radius 2 is 2.19 bits per heavy atom. The number of anilines is 1. The Balaban J connectivity index is 3.13. The first-order chi connectivity index (χ1) is 7.40. The second kappa shape index (κ2) is 4.65. The lowest BCUT2D eigenvalue weighted by Gasteiger charge is -2.34. The molecule has 5 nitrogen and oxygen atoms in total. The molecule has 0 fully saturated rings. The SMILES string of the molecule is CCc1nc(N(C)C(C)(C)CO)cc(=O)[nH]1. The van der Waals surface area contributed by atoms with Crippen molar-refractivity contribution in [2.75, 3.05) is 18.6 Å². The summed E-state index contributed by atoms with van der Waals surface area (Å²) in [7, 11) is 1.82. The van der Waals surface area contributed by atoms with Gasteiger partial charge in [0.1, 0.15) is 11.6 Å². The second-order valence-electron chi connectivity index (χ2n) is 4.43. The highest BCUT2D eigenvalue weighted by Crippen LogP contribution is 2.18. The van der Waals surface area contributed by atoms with Gasteiger partial charge in [-0.15, -0.1) is 0 Å². The summed E-state index contributed by atoms with van der Waals surface area (Å²) in [6.45, 7) is 5.71. The van der Waals surface area contributed by atoms with Crippen molar-refractivity contribution >= 4 is 5.82 Å². The lowest BCUT2D eigenvalue weighted by atomic mass is 10.1. The van der Waals surface area contributed by atoms with Crippen molar-refractivity contribution in [1.82, 2.24) is 9.97 Å². The number of aliphatic hydroxyl groups is 1. The van der Waals surface area contributed by atoms with Crippen LogP contribution in [0.3, 0.4) is 0 Å². The molecule has 0 aliphatic heterocycles. The minimum Gasteiger partial charge on any atom is -0.394 e. The molecule has 16 heavy (non-hydrogen) atoms. The molecule has 0 saturated heterocycles. The number of aromatic amines is 1. The molecular formula is C11H19N3O2. The van der Waals surface area contributed by atoms with Crippen LogP contribution in [0, 0.1) is 0 Å². The molecule has 0 radical (unpaired) electrons. The zero-order chi connectivity index (χ0) is 12.3. The number of aromatic nitrogens is 2. The number of hydrogen-bond acceptors (Lipinski definition) is 4. The Hall–Kier alpha value is -1.36. The summed E-state index contributed by atoms with van der Waals surface area (Å²) in [5.74, 6) is 1.24. The van der Waals surface area contributed by atoms with Crippen LogP contribution in [0.4, 0.5) is 5.82 Å². The van der Waals surface area contributed by atoms with Gasteiger partial charge in [0.05, 0.1) is 12.1 Å². The van der Waals surface area contributed by atoms with Crippen molar-refractivity contribution in [3.63, 3.8) is 0 Å². The maximum Gasteiger partial charge on any atom is 0.252 e. The number of H-pyrrole nitrogens is 1. The minimum atomic E-state index is -0.439. The van der Waals surface area contributed by atoms with Crippen LogP contribution in [0.15, 0.2) is 10.9 Å². The van der Waals surface area contributed by atoms with E-state index in [0.717, 1.165) is 0 Å². The molecule has 1 rings (SSSR count). The predicted octanol–water partition coefficient (Wildman–Crippen LogP) is 0.539. The molecule has 0 aliphatic carbocycles. The van der Waals surface area contributed by atoms with Crippen LogP contribution in [-0.4, -0.2) is 34.3 Å². The van der Waals surface area contributed by atoms with Crippen molar-refractivity contribution in [2.45, 2.75) is 32.7 Å². The zero-order valence-corrected chi connectivity index (χ0v) is 10.2. The topological polar surface area (TPSA) is 69.2 Å². The van der Waals surface area contributed by atoms with Gasteiger partial charge in [0.25, 0.3) is 5.56 Å². The van der Waals surface area contributed by atoms with Gasteiger partial charge in [-0.1, -0.05) is 6.92 Å². The molecule has 0 aliphatic rings. The Kier molecular flexibility index (Phi) is 3.70. The fourth-order valence-corrected chi connectivity index (χ4v) is 1.25. The molecule has 1 aromatic rings. The van der Waals surface area contributed by atoms with Crippen LogP contribution in [0.25, 0.3) is 0 Å². The van der Waals surface area contributed by atoms with E-state index in [4.69, 9.17) is 0 Å². The van der Waals surface area contributed by atoms with Gasteiger partial charge in [-0.05, 0) is 13.8 Å². The molecule has 90 valence electrons. The molecule has 0 aromatic carbocycles. The van der Waals surface area contributed by atoms with E-state index >= 15 is 0 Å². The Labute approximate surface area is 95.1 Å². The van der Waals surface area contributed by atoms with Crippen molar-refractivity contribution in [2.24, 2.45) is 0 Å². The van der Waals surface area contributed by atoms with Gasteiger partial charge in [-0.3, -0.25) is 4.79 Å². The first kappa shape index (κ1) is 12.7. The summed E-state index contributed by atoms with van der Waals surface area (Å²) < 4.78 is 0. The molecule has 0 bridgehead atoms. The average molecular weight is 225 g/mol. The first-order valence-corrected chi connectivity index (χ1v) is 5.35. The monoisotopic (exact) mass is 225 g/mol. The molecule has 0 amide bonds. The normalized spacial score (nSPS) is 11.6. The lowest BCUT2D eigenvalue weighted by Crippen LogP contribution is -2.45. The molecule has 0 atom stereocenters. The number of likely N-dealkylation sites (N-methyl/N-ethyl adjacent to an activating group) is 1. The number of aliphatic hydroxyl groups excluding tert-OH is 1. The number of hydrogen-bond donors (Lipinski definition) is 2. The van der Waals surface area contributed by atoms with Gasteiger partial charge in [0, 0.05) is 19.5 Å². The standard InChI is InChI=1S/C11H19N3O2/c1-5-8-12-9(6-10(16)13-8)14(4)11(2,3)7-15/h6,15H,5,7H2,1-4H3,(H,12,13,16). The third kappa shape index (κ3) is 2.61. The highest BCUT2D eigenvalue weighted by Gasteiger charge is 2.24. The number of nitrogens with zero attached hydrogens (tertiary/aromatic N) is 2. The summed E-state index contributed by atoms with van der Waals surface area (Å²) in [5.41, 5.74) is -0.603. The van der Waals surface area contributed by atoms with Crippen LogP contribution >= 0.6 is 0 Å². The number of aryl methyl sites for hydroxylation is 1. The van der Waals surface area contributed by atoms with E-state index in [1.807, 2.05) is 27.8 Å². The van der Waals surface area contributed by atoms with Crippen LogP contribution in [0.2, 0.25) is 0 Å². The average Bonchev–Trinajstić information content (AvgIpc) is 2.27. The highest BCUT2D eigenvalue weighted by atomic mass is 16.3. The molecule has 5 heteroatoms. The van der Waals surface area contributed by atoms with E-state index in [1.165, 1.54) is 6.07 Å². The molecule has 0 spiro atoms. The fourth-order valence-electron chi connectivity index (χ4n) is 1.25. The molecule has 0 saturated carbocycles. The second-order valence-corrected chi connectivity index (χ2v) is 4.43. The van der Waals surface area contributed by atoms with Crippen molar-refractivity contribution in [3.8, 4) is 0 Å². The third-order valence-corrected chi connectivity index (χ3v) is 2.75. The van der Waals surface area contributed by atoms with Crippen LogP contribution in [0.5, 0.6) is 0 Å². The predicted molar refractivity (Wildman–Crippen MR) is 63.8 cm³/mol. The van der Waals surface area contributed by atoms with Gasteiger partial charge < -0.3 is 15.0 Å². The van der Waals surface area contributed by atoms with E-state index in [2.05, 4.69) is 9.97 Å². The largest absolute Gasteiger partial charge is 0.394 e. The Morgan fingerprint density at radius 1 is 1.56 bits per heavy atom. The highest BCUT2D eigenvalue weighted by molar-refractivity contribution is 5.39. The Bertz CT molecular complexity index is 412. The van der Waals surface area contributed by atoms with Gasteiger partial charge in [-0.25, -0.2) is 4.98 Å². The molecule has 0 unspecified atom stereocenters. The van der Waals surface area contributed by atoms with E-state index in [0.29, 0.717) is 18.1 Å². The Morgan fingerprint density at radius 3 is 2.69 bits per heavy atom. The first-order valence-electron chi connectivity index (χ1n) is 5.35. The van der Waals surface area contributed by atoms with Gasteiger partial charge >= 0.3 is 0 Å². The molecule has 2 N–H and O–H groups in total. The summed E-state index contributed by atoms with van der Waals surface area (Å²) in [4.78, 5) is 20.2. The minimum absolute atomic E-state index is 0.000558. The van der Waals surface area contributed by atoms with Crippen LogP contribution in [-0.2, 0) is 6.42 Å². The summed E-state index contributed by atoms with van der Waals surface area (Å²) in [6.07, 6.45) is 0.677. The maximum absolute atomic E-state index is 11.4. The number of nitrogens with one attached hydrogen (secondary N) is 1. The van der Waals surface area contributed by atoms with E-state index in [1.54, 1.807) is 4.90 Å². The van der Waals surface area contributed by atoms with Gasteiger partial charge in [0.15, 0.2) is 0 Å². The van der Waals surface area contributed by atoms with Crippen molar-refractivity contribution in [3.05, 3.63) is 22.2 Å². The molecular weight excluding hydrogens is 206 g/mol.